The minimum atomic E-state index is -2.69. The highest BCUT2D eigenvalue weighted by Crippen LogP contribution is 2.36. The molecule has 1 atom stereocenters. The Morgan fingerprint density at radius 3 is 2.53 bits per heavy atom. The van der Waals surface area contributed by atoms with Crippen LogP contribution in [0.5, 0.6) is 11.5 Å². The predicted octanol–water partition coefficient (Wildman–Crippen LogP) is 2.43. The van der Waals surface area contributed by atoms with Crippen LogP contribution in [0.25, 0.3) is 0 Å². The molecule has 0 fully saturated rings. The lowest BCUT2D eigenvalue weighted by molar-refractivity contribution is 0.116. The number of benzene rings is 1. The first kappa shape index (κ1) is 12.2. The molecule has 84 valence electrons. The summed E-state index contributed by atoms with van der Waals surface area (Å²) < 4.78 is 29.9. The summed E-state index contributed by atoms with van der Waals surface area (Å²) >= 11 is 3.09. The molecule has 3 N–H and O–H groups in total. The van der Waals surface area contributed by atoms with Gasteiger partial charge >= 0.3 is 0 Å². The fraction of sp³-hybridized carbons (Fsp3) is 0.333. The van der Waals surface area contributed by atoms with E-state index in [4.69, 9.17) is 10.5 Å². The van der Waals surface area contributed by atoms with Gasteiger partial charge in [0.1, 0.15) is 0 Å². The molecule has 0 radical (unpaired) electrons. The van der Waals surface area contributed by atoms with E-state index in [1.165, 1.54) is 19.2 Å². The number of hydrogen-bond donors (Lipinski definition) is 2. The molecule has 0 spiro atoms. The Balaban J connectivity index is 3.15. The minimum Gasteiger partial charge on any atom is -0.504 e. The Bertz CT molecular complexity index is 360. The van der Waals surface area contributed by atoms with Gasteiger partial charge in [0.2, 0.25) is 0 Å². The number of ether oxygens (including phenoxy) is 1. The van der Waals surface area contributed by atoms with Gasteiger partial charge in [-0.3, -0.25) is 0 Å². The van der Waals surface area contributed by atoms with Gasteiger partial charge in [-0.15, -0.1) is 0 Å². The molecule has 1 aromatic carbocycles. The normalized spacial score (nSPS) is 12.9. The van der Waals surface area contributed by atoms with Gasteiger partial charge in [-0.25, -0.2) is 8.78 Å². The molecule has 0 heterocycles. The lowest BCUT2D eigenvalue weighted by Crippen LogP contribution is -2.19. The van der Waals surface area contributed by atoms with Gasteiger partial charge < -0.3 is 15.6 Å². The van der Waals surface area contributed by atoms with Crippen LogP contribution in [0.15, 0.2) is 16.6 Å². The van der Waals surface area contributed by atoms with Crippen molar-refractivity contribution in [2.45, 2.75) is 12.5 Å². The van der Waals surface area contributed by atoms with Crippen LogP contribution in [0.1, 0.15) is 11.6 Å². The summed E-state index contributed by atoms with van der Waals surface area (Å²) in [5.74, 6) is -0.0149. The number of phenols is 1. The van der Waals surface area contributed by atoms with E-state index in [0.717, 1.165) is 0 Å². The Morgan fingerprint density at radius 2 is 2.07 bits per heavy atom. The van der Waals surface area contributed by atoms with E-state index in [9.17, 15) is 13.9 Å². The number of hydrogen-bond acceptors (Lipinski definition) is 3. The van der Waals surface area contributed by atoms with Crippen LogP contribution in [0.4, 0.5) is 8.78 Å². The highest BCUT2D eigenvalue weighted by Gasteiger charge is 2.21. The molecule has 1 aromatic rings. The van der Waals surface area contributed by atoms with Crippen LogP contribution in [0.3, 0.4) is 0 Å². The van der Waals surface area contributed by atoms with E-state index >= 15 is 0 Å². The summed E-state index contributed by atoms with van der Waals surface area (Å²) in [6, 6.07) is 1.13. The van der Waals surface area contributed by atoms with Crippen LogP contribution in [-0.4, -0.2) is 18.6 Å². The predicted molar refractivity (Wildman–Crippen MR) is 55.3 cm³/mol. The first-order chi connectivity index (χ1) is 6.97. The maximum Gasteiger partial charge on any atom is 0.257 e. The second-order valence-electron chi connectivity index (χ2n) is 2.91. The minimum absolute atomic E-state index is 0.142. The summed E-state index contributed by atoms with van der Waals surface area (Å²) in [5.41, 5.74) is 5.41. The van der Waals surface area contributed by atoms with Crippen molar-refractivity contribution < 1.29 is 18.6 Å². The molecule has 0 aliphatic heterocycles. The summed E-state index contributed by atoms with van der Waals surface area (Å²) in [7, 11) is 1.37. The van der Waals surface area contributed by atoms with E-state index in [-0.39, 0.29) is 17.1 Å². The van der Waals surface area contributed by atoms with Crippen molar-refractivity contribution in [1.29, 1.82) is 0 Å². The Kier molecular flexibility index (Phi) is 3.87. The quantitative estimate of drug-likeness (QED) is 0.895. The van der Waals surface area contributed by atoms with Gasteiger partial charge in [0.05, 0.1) is 13.2 Å². The van der Waals surface area contributed by atoms with E-state index < -0.39 is 12.5 Å². The van der Waals surface area contributed by atoms with Crippen molar-refractivity contribution in [1.82, 2.24) is 0 Å². The van der Waals surface area contributed by atoms with E-state index in [1.807, 2.05) is 0 Å². The summed E-state index contributed by atoms with van der Waals surface area (Å²) in [4.78, 5) is 0. The first-order valence-corrected chi connectivity index (χ1v) is 4.86. The third-order valence-corrected chi connectivity index (χ3v) is 2.62. The summed E-state index contributed by atoms with van der Waals surface area (Å²) in [5, 5.41) is 9.40. The smallest absolute Gasteiger partial charge is 0.257 e. The van der Waals surface area contributed by atoms with E-state index in [1.54, 1.807) is 0 Å². The Hall–Kier alpha value is -0.880. The van der Waals surface area contributed by atoms with Crippen molar-refractivity contribution in [3.63, 3.8) is 0 Å². The molecule has 3 nitrogen and oxygen atoms in total. The Labute approximate surface area is 94.0 Å². The van der Waals surface area contributed by atoms with Gasteiger partial charge in [0, 0.05) is 4.47 Å². The molecular weight excluding hydrogens is 272 g/mol. The lowest BCUT2D eigenvalue weighted by Gasteiger charge is -2.14. The molecule has 0 aliphatic rings. The number of alkyl halides is 2. The molecule has 0 saturated heterocycles. The van der Waals surface area contributed by atoms with Gasteiger partial charge in [0.25, 0.3) is 6.43 Å². The molecule has 1 rings (SSSR count). The van der Waals surface area contributed by atoms with Crippen LogP contribution in [0, 0.1) is 0 Å². The fourth-order valence-electron chi connectivity index (χ4n) is 1.11. The molecule has 0 amide bonds. The van der Waals surface area contributed by atoms with Gasteiger partial charge in [-0.1, -0.05) is 15.9 Å². The lowest BCUT2D eigenvalue weighted by atomic mass is 10.1. The van der Waals surface area contributed by atoms with Crippen molar-refractivity contribution in [3.05, 3.63) is 22.2 Å². The average molecular weight is 282 g/mol. The largest absolute Gasteiger partial charge is 0.504 e. The first-order valence-electron chi connectivity index (χ1n) is 4.07. The SMILES string of the molecule is COc1cc(Br)c(C(N)C(F)F)cc1O. The average Bonchev–Trinajstić information content (AvgIpc) is 2.19. The molecular formula is C9H10BrF2NO2. The zero-order chi connectivity index (χ0) is 11.6. The second kappa shape index (κ2) is 4.76. The number of rotatable bonds is 3. The highest BCUT2D eigenvalue weighted by atomic mass is 79.9. The fourth-order valence-corrected chi connectivity index (χ4v) is 1.70. The zero-order valence-electron chi connectivity index (χ0n) is 7.88. The van der Waals surface area contributed by atoms with Crippen molar-refractivity contribution in [2.75, 3.05) is 7.11 Å². The monoisotopic (exact) mass is 281 g/mol. The number of halogens is 3. The van der Waals surface area contributed by atoms with Crippen LogP contribution in [-0.2, 0) is 0 Å². The van der Waals surface area contributed by atoms with Crippen molar-refractivity contribution in [3.8, 4) is 11.5 Å². The van der Waals surface area contributed by atoms with Crippen molar-refractivity contribution in [2.24, 2.45) is 5.73 Å². The van der Waals surface area contributed by atoms with Gasteiger partial charge in [-0.05, 0) is 17.7 Å². The highest BCUT2D eigenvalue weighted by molar-refractivity contribution is 9.10. The molecule has 0 aromatic heterocycles. The van der Waals surface area contributed by atoms with Gasteiger partial charge in [0.15, 0.2) is 11.5 Å². The van der Waals surface area contributed by atoms with E-state index in [2.05, 4.69) is 15.9 Å². The summed E-state index contributed by atoms with van der Waals surface area (Å²) in [6.45, 7) is 0. The number of nitrogens with two attached hydrogens (primary N) is 1. The standard InChI is InChI=1S/C9H10BrF2NO2/c1-15-7-3-5(10)4(2-6(7)14)8(13)9(11)12/h2-3,8-9,14H,13H2,1H3. The zero-order valence-corrected chi connectivity index (χ0v) is 9.46. The number of methoxy groups -OCH3 is 1. The molecule has 15 heavy (non-hydrogen) atoms. The number of aromatic hydroxyl groups is 1. The third-order valence-electron chi connectivity index (χ3n) is 1.93. The van der Waals surface area contributed by atoms with Crippen LogP contribution in [0.2, 0.25) is 0 Å². The molecule has 6 heteroatoms. The molecule has 0 bridgehead atoms. The maximum atomic E-state index is 12.3. The van der Waals surface area contributed by atoms with Crippen LogP contribution < -0.4 is 10.5 Å². The topological polar surface area (TPSA) is 55.5 Å². The molecule has 0 saturated carbocycles. The molecule has 0 aliphatic carbocycles. The maximum absolute atomic E-state index is 12.3. The van der Waals surface area contributed by atoms with Crippen molar-refractivity contribution >= 4 is 15.9 Å². The second-order valence-corrected chi connectivity index (χ2v) is 3.76. The van der Waals surface area contributed by atoms with E-state index in [0.29, 0.717) is 4.47 Å². The van der Waals surface area contributed by atoms with Crippen LogP contribution >= 0.6 is 15.9 Å². The summed E-state index contributed by atoms with van der Waals surface area (Å²) in [6.07, 6.45) is -2.69. The Morgan fingerprint density at radius 1 is 1.47 bits per heavy atom. The van der Waals surface area contributed by atoms with Gasteiger partial charge in [-0.2, -0.15) is 0 Å². The third kappa shape index (κ3) is 2.57. The number of phenolic OH excluding ortho intramolecular Hbond substituents is 1. The molecule has 1 unspecified atom stereocenters.